The Hall–Kier alpha value is -1.76. The highest BCUT2D eigenvalue weighted by Crippen LogP contribution is 2.47. The van der Waals surface area contributed by atoms with Crippen LogP contribution in [0.3, 0.4) is 0 Å². The van der Waals surface area contributed by atoms with E-state index < -0.39 is 11.8 Å². The number of hydrogen-bond donors (Lipinski definition) is 1. The van der Waals surface area contributed by atoms with Crippen LogP contribution < -0.4 is 10.1 Å². The standard InChI is InChI=1S/C14H14F3NO3/c1-8-7-13(4-5-20-8)10-6-9(21-14(15,16)17)2-3-11(10)18-12(13)19/h2-3,6,8H,4-5,7H2,1H3,(H,18,19). The van der Waals surface area contributed by atoms with E-state index >= 15 is 0 Å². The number of ether oxygens (including phenoxy) is 2. The van der Waals surface area contributed by atoms with Crippen molar-refractivity contribution in [1.29, 1.82) is 0 Å². The van der Waals surface area contributed by atoms with Crippen LogP contribution >= 0.6 is 0 Å². The molecule has 0 saturated carbocycles. The second-order valence-corrected chi connectivity index (χ2v) is 5.43. The molecule has 4 nitrogen and oxygen atoms in total. The van der Waals surface area contributed by atoms with Gasteiger partial charge in [-0.2, -0.15) is 0 Å². The molecule has 2 atom stereocenters. The average Bonchev–Trinajstić information content (AvgIpc) is 2.61. The summed E-state index contributed by atoms with van der Waals surface area (Å²) in [5.74, 6) is -0.493. The number of fused-ring (bicyclic) bond motifs is 2. The summed E-state index contributed by atoms with van der Waals surface area (Å²) < 4.78 is 46.4. The van der Waals surface area contributed by atoms with Gasteiger partial charge in [-0.1, -0.05) is 0 Å². The van der Waals surface area contributed by atoms with Gasteiger partial charge in [0.1, 0.15) is 5.75 Å². The monoisotopic (exact) mass is 301 g/mol. The molecule has 2 heterocycles. The normalized spacial score (nSPS) is 28.4. The predicted molar refractivity (Wildman–Crippen MR) is 68.1 cm³/mol. The van der Waals surface area contributed by atoms with E-state index in [1.807, 2.05) is 6.92 Å². The van der Waals surface area contributed by atoms with Crippen molar-refractivity contribution < 1.29 is 27.4 Å². The Kier molecular flexibility index (Phi) is 3.12. The minimum absolute atomic E-state index is 0.123. The Bertz CT molecular complexity index is 587. The largest absolute Gasteiger partial charge is 0.573 e. The number of benzene rings is 1. The molecule has 0 bridgehead atoms. The van der Waals surface area contributed by atoms with Gasteiger partial charge in [0.05, 0.1) is 11.5 Å². The molecule has 1 spiro atoms. The highest BCUT2D eigenvalue weighted by molar-refractivity contribution is 6.06. The number of anilines is 1. The highest BCUT2D eigenvalue weighted by Gasteiger charge is 2.49. The summed E-state index contributed by atoms with van der Waals surface area (Å²) in [7, 11) is 0. The van der Waals surface area contributed by atoms with Gasteiger partial charge in [-0.15, -0.1) is 13.2 Å². The van der Waals surface area contributed by atoms with Crippen molar-refractivity contribution in [3.05, 3.63) is 23.8 Å². The van der Waals surface area contributed by atoms with Crippen LogP contribution in [-0.2, 0) is 14.9 Å². The second-order valence-electron chi connectivity index (χ2n) is 5.43. The van der Waals surface area contributed by atoms with Crippen molar-refractivity contribution in [2.24, 2.45) is 0 Å². The van der Waals surface area contributed by atoms with Crippen molar-refractivity contribution in [2.75, 3.05) is 11.9 Å². The van der Waals surface area contributed by atoms with E-state index in [0.717, 1.165) is 0 Å². The number of halogens is 3. The lowest BCUT2D eigenvalue weighted by Gasteiger charge is -2.35. The first-order chi connectivity index (χ1) is 9.80. The third kappa shape index (κ3) is 2.46. The van der Waals surface area contributed by atoms with E-state index in [0.29, 0.717) is 30.7 Å². The fourth-order valence-corrected chi connectivity index (χ4v) is 3.13. The van der Waals surface area contributed by atoms with E-state index in [1.54, 1.807) is 0 Å². The van der Waals surface area contributed by atoms with E-state index in [9.17, 15) is 18.0 Å². The maximum atomic E-state index is 12.3. The predicted octanol–water partition coefficient (Wildman–Crippen LogP) is 2.97. The number of carbonyl (C=O) groups is 1. The lowest BCUT2D eigenvalue weighted by molar-refractivity contribution is -0.274. The first kappa shape index (κ1) is 14.2. The molecule has 0 aromatic heterocycles. The molecule has 1 N–H and O–H groups in total. The molecule has 3 rings (SSSR count). The lowest BCUT2D eigenvalue weighted by Crippen LogP contribution is -2.42. The third-order valence-corrected chi connectivity index (χ3v) is 3.99. The minimum atomic E-state index is -4.75. The van der Waals surface area contributed by atoms with E-state index in [4.69, 9.17) is 4.74 Å². The first-order valence-electron chi connectivity index (χ1n) is 6.63. The van der Waals surface area contributed by atoms with Crippen molar-refractivity contribution in [1.82, 2.24) is 0 Å². The molecule has 0 aliphatic carbocycles. The van der Waals surface area contributed by atoms with E-state index in [2.05, 4.69) is 10.1 Å². The van der Waals surface area contributed by atoms with Crippen LogP contribution in [0, 0.1) is 0 Å². The molecule has 1 aromatic carbocycles. The molecule has 0 radical (unpaired) electrons. The fourth-order valence-electron chi connectivity index (χ4n) is 3.13. The molecule has 21 heavy (non-hydrogen) atoms. The molecule has 2 aliphatic rings. The van der Waals surface area contributed by atoms with Gasteiger partial charge in [0.2, 0.25) is 5.91 Å². The number of nitrogens with one attached hydrogen (secondary N) is 1. The molecule has 1 saturated heterocycles. The Morgan fingerprint density at radius 1 is 1.43 bits per heavy atom. The van der Waals surface area contributed by atoms with Gasteiger partial charge < -0.3 is 14.8 Å². The average molecular weight is 301 g/mol. The third-order valence-electron chi connectivity index (χ3n) is 3.99. The second kappa shape index (κ2) is 4.62. The van der Waals surface area contributed by atoms with Gasteiger partial charge in [0, 0.05) is 12.3 Å². The van der Waals surface area contributed by atoms with Crippen LogP contribution in [0.5, 0.6) is 5.75 Å². The Balaban J connectivity index is 2.00. The van der Waals surface area contributed by atoms with Crippen LogP contribution in [-0.4, -0.2) is 25.0 Å². The summed E-state index contributed by atoms with van der Waals surface area (Å²) in [6.45, 7) is 2.25. The van der Waals surface area contributed by atoms with Crippen molar-refractivity contribution >= 4 is 11.6 Å². The van der Waals surface area contributed by atoms with Crippen LogP contribution in [0.2, 0.25) is 0 Å². The highest BCUT2D eigenvalue weighted by atomic mass is 19.4. The molecule has 7 heteroatoms. The van der Waals surface area contributed by atoms with Gasteiger partial charge in [-0.05, 0) is 43.5 Å². The smallest absolute Gasteiger partial charge is 0.406 e. The summed E-state index contributed by atoms with van der Waals surface area (Å²) >= 11 is 0. The van der Waals surface area contributed by atoms with Crippen LogP contribution in [0.25, 0.3) is 0 Å². The zero-order valence-electron chi connectivity index (χ0n) is 11.3. The van der Waals surface area contributed by atoms with Gasteiger partial charge in [-0.25, -0.2) is 0 Å². The number of rotatable bonds is 1. The number of hydrogen-bond acceptors (Lipinski definition) is 3. The number of carbonyl (C=O) groups excluding carboxylic acids is 1. The van der Waals surface area contributed by atoms with E-state index in [-0.39, 0.29) is 17.8 Å². The summed E-state index contributed by atoms with van der Waals surface area (Å²) in [4.78, 5) is 12.3. The first-order valence-corrected chi connectivity index (χ1v) is 6.63. The molecule has 2 unspecified atom stereocenters. The van der Waals surface area contributed by atoms with Crippen molar-refractivity contribution in [3.63, 3.8) is 0 Å². The molecule has 1 aromatic rings. The molecule has 1 amide bonds. The summed E-state index contributed by atoms with van der Waals surface area (Å²) in [5.41, 5.74) is 0.283. The Morgan fingerprint density at radius 2 is 2.19 bits per heavy atom. The topological polar surface area (TPSA) is 47.6 Å². The minimum Gasteiger partial charge on any atom is -0.406 e. The molecular weight excluding hydrogens is 287 g/mol. The summed E-state index contributed by atoms with van der Waals surface area (Å²) in [6, 6.07) is 3.95. The summed E-state index contributed by atoms with van der Waals surface area (Å²) in [5, 5.41) is 2.74. The summed E-state index contributed by atoms with van der Waals surface area (Å²) in [6.07, 6.45) is -3.98. The maximum Gasteiger partial charge on any atom is 0.573 e. The Morgan fingerprint density at radius 3 is 2.86 bits per heavy atom. The maximum absolute atomic E-state index is 12.3. The fraction of sp³-hybridized carbons (Fsp3) is 0.500. The zero-order chi connectivity index (χ0) is 15.3. The van der Waals surface area contributed by atoms with Crippen molar-refractivity contribution in [3.8, 4) is 5.75 Å². The van der Waals surface area contributed by atoms with E-state index in [1.165, 1.54) is 18.2 Å². The molecule has 114 valence electrons. The van der Waals surface area contributed by atoms with Crippen LogP contribution in [0.15, 0.2) is 18.2 Å². The van der Waals surface area contributed by atoms with Gasteiger partial charge in [0.25, 0.3) is 0 Å². The van der Waals surface area contributed by atoms with Gasteiger partial charge >= 0.3 is 6.36 Å². The zero-order valence-corrected chi connectivity index (χ0v) is 11.3. The van der Waals surface area contributed by atoms with Crippen LogP contribution in [0.1, 0.15) is 25.3 Å². The Labute approximate surface area is 119 Å². The number of alkyl halides is 3. The lowest BCUT2D eigenvalue weighted by atomic mass is 9.73. The molecule has 2 aliphatic heterocycles. The van der Waals surface area contributed by atoms with Gasteiger partial charge in [-0.3, -0.25) is 4.79 Å². The van der Waals surface area contributed by atoms with Crippen LogP contribution in [0.4, 0.5) is 18.9 Å². The quantitative estimate of drug-likeness (QED) is 0.867. The SMILES string of the molecule is CC1CC2(CCO1)C(=O)Nc1ccc(OC(F)(F)F)cc12. The molecule has 1 fully saturated rings. The van der Waals surface area contributed by atoms with Crippen molar-refractivity contribution in [2.45, 2.75) is 37.6 Å². The van der Waals surface area contributed by atoms with Gasteiger partial charge in [0.15, 0.2) is 0 Å². The molecular formula is C14H14F3NO3. The number of amides is 1.